The molecule has 1 atom stereocenters. The zero-order chi connectivity index (χ0) is 17.0. The molecule has 1 heteroatoms. The van der Waals surface area contributed by atoms with Crippen molar-refractivity contribution in [1.29, 1.82) is 0 Å². The van der Waals surface area contributed by atoms with Gasteiger partial charge in [-0.3, -0.25) is 0 Å². The van der Waals surface area contributed by atoms with E-state index >= 15 is 0 Å². The van der Waals surface area contributed by atoms with E-state index in [0.29, 0.717) is 0 Å². The molecule has 0 radical (unpaired) electrons. The van der Waals surface area contributed by atoms with Gasteiger partial charge in [-0.1, -0.05) is 122 Å². The molecule has 0 saturated heterocycles. The zero-order valence-electron chi connectivity index (χ0n) is 16.5. The van der Waals surface area contributed by atoms with Crippen LogP contribution in [0.15, 0.2) is 0 Å². The average molecular weight is 327 g/mol. The van der Waals surface area contributed by atoms with Crippen LogP contribution in [0.25, 0.3) is 0 Å². The minimum Gasteiger partial charge on any atom is -0.393 e. The normalized spacial score (nSPS) is 12.7. The van der Waals surface area contributed by atoms with Crippen LogP contribution in [0.3, 0.4) is 0 Å². The van der Waals surface area contributed by atoms with Crippen molar-refractivity contribution in [2.75, 3.05) is 0 Å². The largest absolute Gasteiger partial charge is 0.393 e. The van der Waals surface area contributed by atoms with E-state index < -0.39 is 0 Å². The van der Waals surface area contributed by atoms with E-state index in [0.717, 1.165) is 6.42 Å². The molecule has 0 bridgehead atoms. The van der Waals surface area contributed by atoms with Crippen molar-refractivity contribution in [3.63, 3.8) is 0 Å². The summed E-state index contributed by atoms with van der Waals surface area (Å²) in [6, 6.07) is 0. The molecular formula is C22H46O. The van der Waals surface area contributed by atoms with Gasteiger partial charge in [0.15, 0.2) is 0 Å². The molecule has 0 aromatic heterocycles. The highest BCUT2D eigenvalue weighted by Gasteiger charge is 1.96. The van der Waals surface area contributed by atoms with E-state index in [2.05, 4.69) is 6.92 Å². The number of hydrogen-bond donors (Lipinski definition) is 1. The first kappa shape index (κ1) is 23.0. The standard InChI is InChI=1S/C22H46O/c1-3-4-5-6-7-8-9-10-11-12-13-14-15-16-17-18-19-20-21-22(2)23/h22-23H,3-21H2,1-2H3. The predicted octanol–water partition coefficient (Wildman–Crippen LogP) is 7.80. The third-order valence-corrected chi connectivity index (χ3v) is 4.98. The molecule has 1 N–H and O–H groups in total. The van der Waals surface area contributed by atoms with Crippen molar-refractivity contribution in [3.05, 3.63) is 0 Å². The van der Waals surface area contributed by atoms with Crippen LogP contribution in [0.5, 0.6) is 0 Å². The van der Waals surface area contributed by atoms with Crippen molar-refractivity contribution in [2.24, 2.45) is 0 Å². The van der Waals surface area contributed by atoms with Crippen molar-refractivity contribution in [1.82, 2.24) is 0 Å². The Morgan fingerprint density at radius 2 is 0.739 bits per heavy atom. The van der Waals surface area contributed by atoms with E-state index in [4.69, 9.17) is 0 Å². The zero-order valence-corrected chi connectivity index (χ0v) is 16.5. The average Bonchev–Trinajstić information content (AvgIpc) is 2.53. The summed E-state index contributed by atoms with van der Waals surface area (Å²) >= 11 is 0. The summed E-state index contributed by atoms with van der Waals surface area (Å²) in [5, 5.41) is 9.19. The molecule has 140 valence electrons. The second kappa shape index (κ2) is 20.0. The van der Waals surface area contributed by atoms with Gasteiger partial charge >= 0.3 is 0 Å². The number of aliphatic hydroxyl groups is 1. The lowest BCUT2D eigenvalue weighted by Crippen LogP contribution is -1.98. The molecule has 0 rings (SSSR count). The van der Waals surface area contributed by atoms with Crippen LogP contribution in [0, 0.1) is 0 Å². The van der Waals surface area contributed by atoms with Gasteiger partial charge in [-0.2, -0.15) is 0 Å². The summed E-state index contributed by atoms with van der Waals surface area (Å²) in [5.74, 6) is 0. The van der Waals surface area contributed by atoms with Crippen LogP contribution in [-0.4, -0.2) is 11.2 Å². The van der Waals surface area contributed by atoms with Gasteiger partial charge in [-0.25, -0.2) is 0 Å². The Kier molecular flexibility index (Phi) is 20.0. The fraction of sp³-hybridized carbons (Fsp3) is 1.00. The van der Waals surface area contributed by atoms with Crippen molar-refractivity contribution < 1.29 is 5.11 Å². The maximum atomic E-state index is 9.19. The lowest BCUT2D eigenvalue weighted by atomic mass is 10.0. The number of rotatable bonds is 19. The topological polar surface area (TPSA) is 20.2 Å². The molecule has 0 spiro atoms. The first-order valence-electron chi connectivity index (χ1n) is 11.0. The van der Waals surface area contributed by atoms with Crippen molar-refractivity contribution >= 4 is 0 Å². The smallest absolute Gasteiger partial charge is 0.0512 e. The Morgan fingerprint density at radius 1 is 0.478 bits per heavy atom. The Morgan fingerprint density at radius 3 is 1.00 bits per heavy atom. The Hall–Kier alpha value is -0.0400. The molecule has 0 heterocycles. The second-order valence-electron chi connectivity index (χ2n) is 7.65. The fourth-order valence-corrected chi connectivity index (χ4v) is 3.34. The first-order chi connectivity index (χ1) is 11.3. The third-order valence-electron chi connectivity index (χ3n) is 4.98. The monoisotopic (exact) mass is 326 g/mol. The lowest BCUT2D eigenvalue weighted by Gasteiger charge is -2.04. The third kappa shape index (κ3) is 22.0. The fourth-order valence-electron chi connectivity index (χ4n) is 3.34. The van der Waals surface area contributed by atoms with Crippen molar-refractivity contribution in [3.8, 4) is 0 Å². The molecule has 0 amide bonds. The number of unbranched alkanes of at least 4 members (excludes halogenated alkanes) is 17. The minimum absolute atomic E-state index is 0.101. The Bertz CT molecular complexity index is 200. The summed E-state index contributed by atoms with van der Waals surface area (Å²) in [6.45, 7) is 4.19. The van der Waals surface area contributed by atoms with Gasteiger partial charge in [-0.05, 0) is 13.3 Å². The van der Waals surface area contributed by atoms with Gasteiger partial charge in [0.2, 0.25) is 0 Å². The first-order valence-corrected chi connectivity index (χ1v) is 11.0. The van der Waals surface area contributed by atoms with Crippen LogP contribution in [-0.2, 0) is 0 Å². The second-order valence-corrected chi connectivity index (χ2v) is 7.65. The molecule has 1 nitrogen and oxygen atoms in total. The van der Waals surface area contributed by atoms with Crippen LogP contribution >= 0.6 is 0 Å². The van der Waals surface area contributed by atoms with E-state index in [9.17, 15) is 5.11 Å². The van der Waals surface area contributed by atoms with Gasteiger partial charge in [0.05, 0.1) is 6.10 Å². The maximum absolute atomic E-state index is 9.19. The molecule has 0 aliphatic rings. The molecule has 0 aliphatic heterocycles. The lowest BCUT2D eigenvalue weighted by molar-refractivity contribution is 0.180. The highest BCUT2D eigenvalue weighted by molar-refractivity contribution is 4.51. The van der Waals surface area contributed by atoms with Crippen LogP contribution in [0.2, 0.25) is 0 Å². The molecule has 23 heavy (non-hydrogen) atoms. The van der Waals surface area contributed by atoms with Crippen molar-refractivity contribution in [2.45, 2.75) is 142 Å². The van der Waals surface area contributed by atoms with Gasteiger partial charge in [-0.15, -0.1) is 0 Å². The SMILES string of the molecule is CCCCCCCCCCCCCCCCCCCCC(C)O. The summed E-state index contributed by atoms with van der Waals surface area (Å²) in [5.41, 5.74) is 0. The maximum Gasteiger partial charge on any atom is 0.0512 e. The molecular weight excluding hydrogens is 280 g/mol. The Balaban J connectivity index is 2.95. The van der Waals surface area contributed by atoms with Gasteiger partial charge in [0.1, 0.15) is 0 Å². The Labute approximate surface area is 147 Å². The molecule has 0 aromatic carbocycles. The molecule has 0 saturated carbocycles. The van der Waals surface area contributed by atoms with Crippen LogP contribution in [0.1, 0.15) is 136 Å². The highest BCUT2D eigenvalue weighted by Crippen LogP contribution is 2.14. The van der Waals surface area contributed by atoms with Gasteiger partial charge in [0.25, 0.3) is 0 Å². The van der Waals surface area contributed by atoms with Gasteiger partial charge in [0, 0.05) is 0 Å². The minimum atomic E-state index is -0.101. The van der Waals surface area contributed by atoms with Crippen LogP contribution < -0.4 is 0 Å². The molecule has 1 unspecified atom stereocenters. The molecule has 0 fully saturated rings. The summed E-state index contributed by atoms with van der Waals surface area (Å²) in [4.78, 5) is 0. The van der Waals surface area contributed by atoms with E-state index in [1.807, 2.05) is 6.92 Å². The highest BCUT2D eigenvalue weighted by atomic mass is 16.3. The quantitative estimate of drug-likeness (QED) is 0.240. The molecule has 0 aromatic rings. The summed E-state index contributed by atoms with van der Waals surface area (Å²) in [7, 11) is 0. The van der Waals surface area contributed by atoms with E-state index in [1.165, 1.54) is 116 Å². The summed E-state index contributed by atoms with van der Waals surface area (Å²) in [6.07, 6.45) is 26.5. The summed E-state index contributed by atoms with van der Waals surface area (Å²) < 4.78 is 0. The number of hydrogen-bond acceptors (Lipinski definition) is 1. The van der Waals surface area contributed by atoms with E-state index in [1.54, 1.807) is 0 Å². The molecule has 0 aliphatic carbocycles. The van der Waals surface area contributed by atoms with Gasteiger partial charge < -0.3 is 5.11 Å². The van der Waals surface area contributed by atoms with Crippen LogP contribution in [0.4, 0.5) is 0 Å². The van der Waals surface area contributed by atoms with E-state index in [-0.39, 0.29) is 6.10 Å². The predicted molar refractivity (Wildman–Crippen MR) is 105 cm³/mol. The number of aliphatic hydroxyl groups excluding tert-OH is 1.